The molecule has 1 fully saturated rings. The van der Waals surface area contributed by atoms with Gasteiger partial charge in [0.2, 0.25) is 0 Å². The van der Waals surface area contributed by atoms with Crippen molar-refractivity contribution in [2.24, 2.45) is 0 Å². The predicted molar refractivity (Wildman–Crippen MR) is 46.7 cm³/mol. The van der Waals surface area contributed by atoms with Crippen LogP contribution in [-0.2, 0) is 14.4 Å². The van der Waals surface area contributed by atoms with Crippen LogP contribution >= 0.6 is 0 Å². The normalized spacial score (nSPS) is 16.5. The van der Waals surface area contributed by atoms with Gasteiger partial charge >= 0.3 is 23.8 Å². The third-order valence-corrected chi connectivity index (χ3v) is 2.02. The number of rotatable bonds is 4. The summed E-state index contributed by atoms with van der Waals surface area (Å²) in [4.78, 5) is 45.1. The molecule has 7 heteroatoms. The highest BCUT2D eigenvalue weighted by Gasteiger charge is 2.41. The Labute approximate surface area is 85.2 Å². The van der Waals surface area contributed by atoms with Crippen LogP contribution in [0.15, 0.2) is 0 Å². The highest BCUT2D eigenvalue weighted by Crippen LogP contribution is 2.10. The number of amides is 4. The molecule has 0 unspecified atom stereocenters. The molecule has 0 radical (unpaired) electrons. The van der Waals surface area contributed by atoms with Crippen LogP contribution in [0.1, 0.15) is 12.8 Å². The molecule has 1 aliphatic heterocycles. The van der Waals surface area contributed by atoms with Gasteiger partial charge in [0.25, 0.3) is 0 Å². The summed E-state index contributed by atoms with van der Waals surface area (Å²) in [5.74, 6) is -2.78. The lowest BCUT2D eigenvalue weighted by Crippen LogP contribution is -2.32. The Hall–Kier alpha value is -1.92. The summed E-state index contributed by atoms with van der Waals surface area (Å²) in [7, 11) is 1.21. The standard InChI is InChI=1S/C8H10N2O5/c1-9-6(13)7(14)10(8(9)15)4-2-3-5(11)12/h2-4H2,1H3,(H,11,12). The summed E-state index contributed by atoms with van der Waals surface area (Å²) in [6.07, 6.45) is 0.00288. The summed E-state index contributed by atoms with van der Waals surface area (Å²) < 4.78 is 0. The molecule has 0 atom stereocenters. The number of carboxylic acid groups (broad SMARTS) is 1. The van der Waals surface area contributed by atoms with Crippen LogP contribution in [-0.4, -0.2) is 52.3 Å². The number of nitrogens with zero attached hydrogens (tertiary/aromatic N) is 2. The van der Waals surface area contributed by atoms with Crippen molar-refractivity contribution in [3.8, 4) is 0 Å². The average molecular weight is 214 g/mol. The summed E-state index contributed by atoms with van der Waals surface area (Å²) in [6.45, 7) is -0.0416. The maximum Gasteiger partial charge on any atom is 0.333 e. The van der Waals surface area contributed by atoms with Gasteiger partial charge in [-0.1, -0.05) is 0 Å². The summed E-state index contributed by atoms with van der Waals surface area (Å²) in [5.41, 5.74) is 0. The Morgan fingerprint density at radius 2 is 1.87 bits per heavy atom. The number of urea groups is 1. The lowest BCUT2D eigenvalue weighted by molar-refractivity contribution is -0.143. The molecule has 0 aromatic carbocycles. The average Bonchev–Trinajstić information content (AvgIpc) is 2.34. The van der Waals surface area contributed by atoms with E-state index in [1.807, 2.05) is 0 Å². The van der Waals surface area contributed by atoms with E-state index in [0.717, 1.165) is 4.90 Å². The van der Waals surface area contributed by atoms with Crippen LogP contribution < -0.4 is 0 Å². The third-order valence-electron chi connectivity index (χ3n) is 2.02. The fourth-order valence-electron chi connectivity index (χ4n) is 1.20. The zero-order valence-corrected chi connectivity index (χ0v) is 8.10. The molecule has 0 spiro atoms. The molecule has 0 saturated carbocycles. The van der Waals surface area contributed by atoms with Crippen LogP contribution in [0.4, 0.5) is 4.79 Å². The second-order valence-corrected chi connectivity index (χ2v) is 3.10. The van der Waals surface area contributed by atoms with Crippen molar-refractivity contribution in [1.29, 1.82) is 0 Å². The molecule has 82 valence electrons. The van der Waals surface area contributed by atoms with E-state index in [2.05, 4.69) is 0 Å². The summed E-state index contributed by atoms with van der Waals surface area (Å²) >= 11 is 0. The molecule has 1 saturated heterocycles. The first kappa shape index (κ1) is 11.2. The van der Waals surface area contributed by atoms with Gasteiger partial charge in [-0.25, -0.2) is 4.79 Å². The van der Waals surface area contributed by atoms with Gasteiger partial charge in [-0.15, -0.1) is 0 Å². The molecule has 1 aliphatic rings. The molecule has 1 rings (SSSR count). The minimum Gasteiger partial charge on any atom is -0.481 e. The Morgan fingerprint density at radius 3 is 2.27 bits per heavy atom. The molecule has 0 bridgehead atoms. The second-order valence-electron chi connectivity index (χ2n) is 3.10. The molecule has 4 amide bonds. The molecule has 15 heavy (non-hydrogen) atoms. The first-order valence-corrected chi connectivity index (χ1v) is 4.30. The molecule has 0 aromatic heterocycles. The van der Waals surface area contributed by atoms with Crippen LogP contribution in [0.25, 0.3) is 0 Å². The van der Waals surface area contributed by atoms with Gasteiger partial charge in [-0.3, -0.25) is 24.2 Å². The Kier molecular flexibility index (Phi) is 3.03. The smallest absolute Gasteiger partial charge is 0.333 e. The van der Waals surface area contributed by atoms with Gasteiger partial charge in [-0.05, 0) is 6.42 Å². The SMILES string of the molecule is CN1C(=O)C(=O)N(CCCC(=O)O)C1=O. The number of carbonyl (C=O) groups is 4. The van der Waals surface area contributed by atoms with Gasteiger partial charge in [0, 0.05) is 20.0 Å². The predicted octanol–water partition coefficient (Wildman–Crippen LogP) is -0.728. The number of likely N-dealkylation sites (N-methyl/N-ethyl adjacent to an activating group) is 1. The van der Waals surface area contributed by atoms with Crippen molar-refractivity contribution in [2.45, 2.75) is 12.8 Å². The summed E-state index contributed by atoms with van der Waals surface area (Å²) in [6, 6.07) is -0.699. The number of hydrogen-bond donors (Lipinski definition) is 1. The van der Waals surface area contributed by atoms with Gasteiger partial charge in [-0.2, -0.15) is 0 Å². The zero-order chi connectivity index (χ0) is 11.6. The molecule has 7 nitrogen and oxygen atoms in total. The van der Waals surface area contributed by atoms with E-state index in [0.29, 0.717) is 4.90 Å². The van der Waals surface area contributed by atoms with Gasteiger partial charge in [0.1, 0.15) is 0 Å². The monoisotopic (exact) mass is 214 g/mol. The molecule has 1 heterocycles. The van der Waals surface area contributed by atoms with E-state index in [1.54, 1.807) is 0 Å². The first-order valence-electron chi connectivity index (χ1n) is 4.30. The van der Waals surface area contributed by atoms with Crippen molar-refractivity contribution >= 4 is 23.8 Å². The van der Waals surface area contributed by atoms with E-state index in [1.165, 1.54) is 7.05 Å². The maximum absolute atomic E-state index is 11.3. The Morgan fingerprint density at radius 1 is 1.27 bits per heavy atom. The fraction of sp³-hybridized carbons (Fsp3) is 0.500. The lowest BCUT2D eigenvalue weighted by Gasteiger charge is -2.11. The van der Waals surface area contributed by atoms with E-state index in [9.17, 15) is 19.2 Å². The number of hydrogen-bond acceptors (Lipinski definition) is 4. The number of carbonyl (C=O) groups excluding carboxylic acids is 3. The number of imide groups is 2. The van der Waals surface area contributed by atoms with Crippen molar-refractivity contribution < 1.29 is 24.3 Å². The zero-order valence-electron chi connectivity index (χ0n) is 8.10. The van der Waals surface area contributed by atoms with Gasteiger partial charge in [0.15, 0.2) is 0 Å². The van der Waals surface area contributed by atoms with Crippen molar-refractivity contribution in [3.63, 3.8) is 0 Å². The number of aliphatic carboxylic acids is 1. The minimum atomic E-state index is -1.01. The molecular formula is C8H10N2O5. The minimum absolute atomic E-state index is 0.0416. The molecule has 1 N–H and O–H groups in total. The largest absolute Gasteiger partial charge is 0.481 e. The third kappa shape index (κ3) is 2.12. The van der Waals surface area contributed by atoms with Crippen LogP contribution in [0.5, 0.6) is 0 Å². The topological polar surface area (TPSA) is 95.0 Å². The maximum atomic E-state index is 11.3. The van der Waals surface area contributed by atoms with E-state index < -0.39 is 23.8 Å². The molecular weight excluding hydrogens is 204 g/mol. The fourth-order valence-corrected chi connectivity index (χ4v) is 1.20. The molecule has 0 aromatic rings. The van der Waals surface area contributed by atoms with Crippen molar-refractivity contribution in [3.05, 3.63) is 0 Å². The second kappa shape index (κ2) is 4.07. The molecule has 0 aliphatic carbocycles. The Bertz CT molecular complexity index is 338. The highest BCUT2D eigenvalue weighted by atomic mass is 16.4. The van der Waals surface area contributed by atoms with Crippen LogP contribution in [0.3, 0.4) is 0 Å². The van der Waals surface area contributed by atoms with E-state index in [-0.39, 0.29) is 19.4 Å². The van der Waals surface area contributed by atoms with Crippen molar-refractivity contribution in [2.75, 3.05) is 13.6 Å². The van der Waals surface area contributed by atoms with Crippen LogP contribution in [0, 0.1) is 0 Å². The van der Waals surface area contributed by atoms with Crippen LogP contribution in [0.2, 0.25) is 0 Å². The first-order chi connectivity index (χ1) is 6.95. The Balaban J connectivity index is 2.56. The van der Waals surface area contributed by atoms with Gasteiger partial charge in [0.05, 0.1) is 0 Å². The number of carboxylic acids is 1. The lowest BCUT2D eigenvalue weighted by atomic mass is 10.3. The van der Waals surface area contributed by atoms with E-state index >= 15 is 0 Å². The van der Waals surface area contributed by atoms with Crippen molar-refractivity contribution in [1.82, 2.24) is 9.80 Å². The quantitative estimate of drug-likeness (QED) is 0.491. The van der Waals surface area contributed by atoms with Gasteiger partial charge < -0.3 is 5.11 Å². The van der Waals surface area contributed by atoms with E-state index in [4.69, 9.17) is 5.11 Å². The highest BCUT2D eigenvalue weighted by molar-refractivity contribution is 6.44. The summed E-state index contributed by atoms with van der Waals surface area (Å²) in [5, 5.41) is 8.36.